The Morgan fingerprint density at radius 1 is 1.25 bits per heavy atom. The lowest BCUT2D eigenvalue weighted by Gasteiger charge is -2.44. The molecule has 3 rings (SSSR count). The topological polar surface area (TPSA) is 78.9 Å². The van der Waals surface area contributed by atoms with E-state index in [-0.39, 0.29) is 5.84 Å². The lowest BCUT2D eigenvalue weighted by molar-refractivity contribution is 0.241. The van der Waals surface area contributed by atoms with Gasteiger partial charge < -0.3 is 10.6 Å². The first-order valence-corrected chi connectivity index (χ1v) is 7.62. The van der Waals surface area contributed by atoms with Gasteiger partial charge in [-0.15, -0.1) is 0 Å². The number of hydrogen-bond donors (Lipinski definition) is 2. The van der Waals surface area contributed by atoms with Crippen molar-refractivity contribution in [2.24, 2.45) is 11.7 Å². The van der Waals surface area contributed by atoms with Crippen molar-refractivity contribution in [2.45, 2.75) is 51.5 Å². The number of amidine groups is 1. The maximum atomic E-state index is 7.59. The molecule has 1 aromatic heterocycles. The highest BCUT2D eigenvalue weighted by atomic mass is 15.3. The van der Waals surface area contributed by atoms with Crippen LogP contribution in [0.4, 0.5) is 5.95 Å². The predicted molar refractivity (Wildman–Crippen MR) is 80.1 cm³/mol. The van der Waals surface area contributed by atoms with E-state index in [4.69, 9.17) is 11.1 Å². The Labute approximate surface area is 120 Å². The standard InChI is InChI=1S/C15H23N5/c1-10-9-12(14(16)17)19-15(18-10)20-8-4-6-11-5-2-3-7-13(11)20/h9,11,13H,2-8H2,1H3,(H3,16,17)/t11-,13-/m1/s1. The van der Waals surface area contributed by atoms with E-state index < -0.39 is 0 Å². The third kappa shape index (κ3) is 2.49. The summed E-state index contributed by atoms with van der Waals surface area (Å²) in [7, 11) is 0. The van der Waals surface area contributed by atoms with Gasteiger partial charge >= 0.3 is 0 Å². The van der Waals surface area contributed by atoms with Gasteiger partial charge in [0.2, 0.25) is 5.95 Å². The van der Waals surface area contributed by atoms with Crippen molar-refractivity contribution in [3.05, 3.63) is 17.5 Å². The van der Waals surface area contributed by atoms with Crippen LogP contribution < -0.4 is 10.6 Å². The fraction of sp³-hybridized carbons (Fsp3) is 0.667. The number of nitrogen functional groups attached to an aromatic ring is 1. The Bertz CT molecular complexity index is 511. The third-order valence-corrected chi connectivity index (χ3v) is 4.62. The van der Waals surface area contributed by atoms with Gasteiger partial charge in [-0.2, -0.15) is 0 Å². The van der Waals surface area contributed by atoms with Crippen LogP contribution >= 0.6 is 0 Å². The van der Waals surface area contributed by atoms with Crippen LogP contribution in [0.1, 0.15) is 49.9 Å². The van der Waals surface area contributed by atoms with Gasteiger partial charge in [0.15, 0.2) is 0 Å². The molecule has 1 saturated heterocycles. The van der Waals surface area contributed by atoms with Gasteiger partial charge in [-0.1, -0.05) is 12.8 Å². The highest BCUT2D eigenvalue weighted by Crippen LogP contribution is 2.36. The molecule has 1 aromatic rings. The highest BCUT2D eigenvalue weighted by Gasteiger charge is 2.34. The molecule has 2 fully saturated rings. The van der Waals surface area contributed by atoms with Gasteiger partial charge in [-0.05, 0) is 44.6 Å². The average molecular weight is 273 g/mol. The molecule has 0 radical (unpaired) electrons. The molecule has 0 amide bonds. The van der Waals surface area contributed by atoms with Gasteiger partial charge in [-0.3, -0.25) is 5.41 Å². The molecule has 5 nitrogen and oxygen atoms in total. The zero-order chi connectivity index (χ0) is 14.1. The molecule has 20 heavy (non-hydrogen) atoms. The average Bonchev–Trinajstić information content (AvgIpc) is 2.46. The lowest BCUT2D eigenvalue weighted by Crippen LogP contribution is -2.47. The van der Waals surface area contributed by atoms with Crippen LogP contribution in [-0.4, -0.2) is 28.4 Å². The molecule has 1 aliphatic carbocycles. The van der Waals surface area contributed by atoms with Gasteiger partial charge in [0.25, 0.3) is 0 Å². The number of rotatable bonds is 2. The van der Waals surface area contributed by atoms with Gasteiger partial charge in [0.05, 0.1) is 0 Å². The number of hydrogen-bond acceptors (Lipinski definition) is 4. The Balaban J connectivity index is 1.92. The van der Waals surface area contributed by atoms with Gasteiger partial charge in [0, 0.05) is 18.3 Å². The Kier molecular flexibility index (Phi) is 3.59. The minimum Gasteiger partial charge on any atom is -0.382 e. The molecule has 2 heterocycles. The number of nitrogens with zero attached hydrogens (tertiary/aromatic N) is 3. The smallest absolute Gasteiger partial charge is 0.226 e. The zero-order valence-corrected chi connectivity index (χ0v) is 12.1. The summed E-state index contributed by atoms with van der Waals surface area (Å²) in [6, 6.07) is 2.37. The molecule has 108 valence electrons. The second-order valence-electron chi connectivity index (χ2n) is 6.06. The first kappa shape index (κ1) is 13.3. The minimum absolute atomic E-state index is 0.0222. The second-order valence-corrected chi connectivity index (χ2v) is 6.06. The largest absolute Gasteiger partial charge is 0.382 e. The number of fused-ring (bicyclic) bond motifs is 1. The van der Waals surface area contributed by atoms with Crippen LogP contribution in [0.25, 0.3) is 0 Å². The SMILES string of the molecule is Cc1cc(C(=N)N)nc(N2CCC[C@H]3CCCC[C@H]32)n1. The Morgan fingerprint density at radius 2 is 2.00 bits per heavy atom. The van der Waals surface area contributed by atoms with Crippen molar-refractivity contribution in [3.63, 3.8) is 0 Å². The van der Waals surface area contributed by atoms with Crippen molar-refractivity contribution in [3.8, 4) is 0 Å². The summed E-state index contributed by atoms with van der Waals surface area (Å²) in [6.45, 7) is 2.97. The molecular weight excluding hydrogens is 250 g/mol. The quantitative estimate of drug-likeness (QED) is 0.639. The molecule has 5 heteroatoms. The molecule has 0 aromatic carbocycles. The first-order valence-electron chi connectivity index (χ1n) is 7.62. The van der Waals surface area contributed by atoms with E-state index in [2.05, 4.69) is 14.9 Å². The van der Waals surface area contributed by atoms with Crippen LogP contribution in [0.5, 0.6) is 0 Å². The summed E-state index contributed by atoms with van der Waals surface area (Å²) in [5.74, 6) is 1.59. The zero-order valence-electron chi connectivity index (χ0n) is 12.1. The van der Waals surface area contributed by atoms with Crippen molar-refractivity contribution >= 4 is 11.8 Å². The van der Waals surface area contributed by atoms with E-state index in [0.717, 1.165) is 24.1 Å². The Morgan fingerprint density at radius 3 is 2.80 bits per heavy atom. The normalized spacial score (nSPS) is 26.1. The fourth-order valence-corrected chi connectivity index (χ4v) is 3.69. The molecule has 1 saturated carbocycles. The maximum absolute atomic E-state index is 7.59. The lowest BCUT2D eigenvalue weighted by atomic mass is 9.78. The first-order chi connectivity index (χ1) is 9.65. The fourth-order valence-electron chi connectivity index (χ4n) is 3.69. The molecular formula is C15H23N5. The molecule has 0 unspecified atom stereocenters. The van der Waals surface area contributed by atoms with Crippen LogP contribution in [0.3, 0.4) is 0 Å². The molecule has 0 spiro atoms. The number of aromatic nitrogens is 2. The van der Waals surface area contributed by atoms with Gasteiger partial charge in [0.1, 0.15) is 11.5 Å². The molecule has 3 N–H and O–H groups in total. The van der Waals surface area contributed by atoms with Gasteiger partial charge in [-0.25, -0.2) is 9.97 Å². The van der Waals surface area contributed by atoms with Crippen molar-refractivity contribution in [1.29, 1.82) is 5.41 Å². The number of nitrogens with two attached hydrogens (primary N) is 1. The van der Waals surface area contributed by atoms with Crippen molar-refractivity contribution in [1.82, 2.24) is 9.97 Å². The molecule has 0 bridgehead atoms. The number of aryl methyl sites for hydroxylation is 1. The van der Waals surface area contributed by atoms with E-state index in [0.29, 0.717) is 11.7 Å². The number of nitrogens with one attached hydrogen (secondary N) is 1. The molecule has 2 atom stereocenters. The third-order valence-electron chi connectivity index (χ3n) is 4.62. The van der Waals surface area contributed by atoms with Crippen LogP contribution in [0.2, 0.25) is 0 Å². The second kappa shape index (κ2) is 5.38. The van der Waals surface area contributed by atoms with E-state index in [1.54, 1.807) is 6.07 Å². The summed E-state index contributed by atoms with van der Waals surface area (Å²) >= 11 is 0. The predicted octanol–water partition coefficient (Wildman–Crippen LogP) is 2.23. The van der Waals surface area contributed by atoms with E-state index >= 15 is 0 Å². The summed E-state index contributed by atoms with van der Waals surface area (Å²) in [4.78, 5) is 11.5. The van der Waals surface area contributed by atoms with E-state index in [9.17, 15) is 0 Å². The highest BCUT2D eigenvalue weighted by molar-refractivity contribution is 5.93. The van der Waals surface area contributed by atoms with Crippen LogP contribution in [0.15, 0.2) is 6.07 Å². The van der Waals surface area contributed by atoms with E-state index in [1.165, 1.54) is 38.5 Å². The Hall–Kier alpha value is -1.65. The number of anilines is 1. The van der Waals surface area contributed by atoms with Crippen molar-refractivity contribution < 1.29 is 0 Å². The van der Waals surface area contributed by atoms with Crippen LogP contribution in [0, 0.1) is 18.3 Å². The summed E-state index contributed by atoms with van der Waals surface area (Å²) in [6.07, 6.45) is 7.82. The summed E-state index contributed by atoms with van der Waals surface area (Å²) < 4.78 is 0. The summed E-state index contributed by atoms with van der Waals surface area (Å²) in [5, 5.41) is 7.59. The monoisotopic (exact) mass is 273 g/mol. The van der Waals surface area contributed by atoms with Crippen molar-refractivity contribution in [2.75, 3.05) is 11.4 Å². The molecule has 2 aliphatic rings. The maximum Gasteiger partial charge on any atom is 0.226 e. The number of piperidine rings is 1. The molecule has 1 aliphatic heterocycles. The van der Waals surface area contributed by atoms with Crippen LogP contribution in [-0.2, 0) is 0 Å². The van der Waals surface area contributed by atoms with E-state index in [1.807, 2.05) is 6.92 Å². The minimum atomic E-state index is 0.0222. The summed E-state index contributed by atoms with van der Waals surface area (Å²) in [5.41, 5.74) is 7.02.